The monoisotopic (exact) mass is 239 g/mol. The molecule has 4 atom stereocenters. The summed E-state index contributed by atoms with van der Waals surface area (Å²) in [4.78, 5) is 0. The first-order valence-corrected chi connectivity index (χ1v) is 5.54. The van der Waals surface area contributed by atoms with Gasteiger partial charge in [-0.1, -0.05) is 12.1 Å². The largest absolute Gasteiger partial charge is 0.497 e. The van der Waals surface area contributed by atoms with Crippen molar-refractivity contribution in [2.24, 2.45) is 0 Å². The predicted octanol–water partition coefficient (Wildman–Crippen LogP) is -0.578. The van der Waals surface area contributed by atoms with Crippen molar-refractivity contribution in [2.75, 3.05) is 13.7 Å². The third kappa shape index (κ3) is 2.28. The van der Waals surface area contributed by atoms with Crippen LogP contribution in [0.2, 0.25) is 0 Å². The minimum Gasteiger partial charge on any atom is -0.497 e. The van der Waals surface area contributed by atoms with Gasteiger partial charge in [-0.25, -0.2) is 0 Å². The normalized spacial score (nSPS) is 32.7. The van der Waals surface area contributed by atoms with Crippen molar-refractivity contribution < 1.29 is 20.1 Å². The maximum Gasteiger partial charge on any atom is 0.118 e. The smallest absolute Gasteiger partial charge is 0.118 e. The number of hydrogen-bond acceptors (Lipinski definition) is 5. The van der Waals surface area contributed by atoms with Crippen molar-refractivity contribution in [3.63, 3.8) is 0 Å². The van der Waals surface area contributed by atoms with Gasteiger partial charge in [-0.05, 0) is 17.7 Å². The van der Waals surface area contributed by atoms with Crippen LogP contribution in [0.1, 0.15) is 11.6 Å². The van der Waals surface area contributed by atoms with Crippen molar-refractivity contribution in [2.45, 2.75) is 24.3 Å². The zero-order valence-corrected chi connectivity index (χ0v) is 9.58. The van der Waals surface area contributed by atoms with E-state index in [1.807, 2.05) is 12.1 Å². The molecule has 94 valence electrons. The third-order valence-corrected chi connectivity index (χ3v) is 3.17. The minimum absolute atomic E-state index is 0.203. The zero-order valence-electron chi connectivity index (χ0n) is 9.58. The highest BCUT2D eigenvalue weighted by Gasteiger charge is 2.41. The van der Waals surface area contributed by atoms with E-state index in [9.17, 15) is 10.2 Å². The molecular formula is C12H17NO4. The van der Waals surface area contributed by atoms with Gasteiger partial charge in [-0.2, -0.15) is 0 Å². The number of rotatable bonds is 3. The Morgan fingerprint density at radius 2 is 1.82 bits per heavy atom. The molecule has 1 heterocycles. The molecule has 5 heteroatoms. The number of benzene rings is 1. The Labute approximate surface area is 99.7 Å². The first-order valence-electron chi connectivity index (χ1n) is 5.54. The van der Waals surface area contributed by atoms with Gasteiger partial charge in [0.15, 0.2) is 0 Å². The molecule has 4 N–H and O–H groups in total. The van der Waals surface area contributed by atoms with Crippen LogP contribution in [-0.2, 0) is 0 Å². The second-order valence-electron chi connectivity index (χ2n) is 4.19. The molecule has 1 aliphatic heterocycles. The van der Waals surface area contributed by atoms with Gasteiger partial charge in [-0.15, -0.1) is 0 Å². The lowest BCUT2D eigenvalue weighted by atomic mass is 10.0. The Kier molecular flexibility index (Phi) is 3.63. The van der Waals surface area contributed by atoms with Gasteiger partial charge in [0, 0.05) is 0 Å². The van der Waals surface area contributed by atoms with Crippen molar-refractivity contribution in [1.82, 2.24) is 5.32 Å². The molecule has 1 aromatic rings. The highest BCUT2D eigenvalue weighted by Crippen LogP contribution is 2.28. The summed E-state index contributed by atoms with van der Waals surface area (Å²) < 4.78 is 5.05. The first-order chi connectivity index (χ1) is 8.17. The molecule has 0 bridgehead atoms. The lowest BCUT2D eigenvalue weighted by Crippen LogP contribution is -2.35. The number of aliphatic hydroxyl groups excluding tert-OH is 3. The molecule has 1 saturated heterocycles. The van der Waals surface area contributed by atoms with E-state index in [-0.39, 0.29) is 12.6 Å². The fourth-order valence-electron chi connectivity index (χ4n) is 2.13. The molecule has 2 rings (SSSR count). The van der Waals surface area contributed by atoms with Crippen LogP contribution in [0.4, 0.5) is 0 Å². The average molecular weight is 239 g/mol. The second kappa shape index (κ2) is 5.01. The number of aliphatic hydroxyl groups is 3. The molecule has 0 amide bonds. The molecule has 1 aliphatic rings. The van der Waals surface area contributed by atoms with Crippen LogP contribution in [0.5, 0.6) is 5.75 Å². The fraction of sp³-hybridized carbons (Fsp3) is 0.500. The second-order valence-corrected chi connectivity index (χ2v) is 4.19. The van der Waals surface area contributed by atoms with Crippen LogP contribution < -0.4 is 10.1 Å². The van der Waals surface area contributed by atoms with Gasteiger partial charge in [0.2, 0.25) is 0 Å². The van der Waals surface area contributed by atoms with Gasteiger partial charge in [-0.3, -0.25) is 0 Å². The molecular weight excluding hydrogens is 222 g/mol. The summed E-state index contributed by atoms with van der Waals surface area (Å²) >= 11 is 0. The van der Waals surface area contributed by atoms with Crippen molar-refractivity contribution in [1.29, 1.82) is 0 Å². The number of ether oxygens (including phenoxy) is 1. The maximum atomic E-state index is 9.88. The van der Waals surface area contributed by atoms with E-state index in [1.54, 1.807) is 19.2 Å². The highest BCUT2D eigenvalue weighted by atomic mass is 16.5. The van der Waals surface area contributed by atoms with Crippen LogP contribution in [0.25, 0.3) is 0 Å². The molecule has 1 fully saturated rings. The maximum absolute atomic E-state index is 9.88. The Morgan fingerprint density at radius 1 is 1.18 bits per heavy atom. The molecule has 0 aromatic heterocycles. The Bertz CT molecular complexity index is 367. The van der Waals surface area contributed by atoms with E-state index < -0.39 is 18.2 Å². The fourth-order valence-corrected chi connectivity index (χ4v) is 2.13. The SMILES string of the molecule is COc1ccc([C@H]2N[C@H](CO)[C@H](O)[C@H]2O)cc1. The summed E-state index contributed by atoms with van der Waals surface area (Å²) in [7, 11) is 1.59. The first kappa shape index (κ1) is 12.3. The third-order valence-electron chi connectivity index (χ3n) is 3.17. The van der Waals surface area contributed by atoms with Gasteiger partial charge < -0.3 is 25.4 Å². The van der Waals surface area contributed by atoms with Crippen LogP contribution in [-0.4, -0.2) is 47.3 Å². The molecule has 0 aliphatic carbocycles. The van der Waals surface area contributed by atoms with Gasteiger partial charge >= 0.3 is 0 Å². The lowest BCUT2D eigenvalue weighted by molar-refractivity contribution is 0.0194. The predicted molar refractivity (Wildman–Crippen MR) is 61.8 cm³/mol. The topological polar surface area (TPSA) is 82.0 Å². The molecule has 0 spiro atoms. The van der Waals surface area contributed by atoms with E-state index >= 15 is 0 Å². The quantitative estimate of drug-likeness (QED) is 0.567. The molecule has 5 nitrogen and oxygen atoms in total. The summed E-state index contributed by atoms with van der Waals surface area (Å²) in [5.74, 6) is 0.737. The Morgan fingerprint density at radius 3 is 2.29 bits per heavy atom. The van der Waals surface area contributed by atoms with E-state index in [1.165, 1.54) is 0 Å². The van der Waals surface area contributed by atoms with E-state index in [0.29, 0.717) is 0 Å². The van der Waals surface area contributed by atoms with Gasteiger partial charge in [0.05, 0.1) is 31.9 Å². The molecule has 17 heavy (non-hydrogen) atoms. The van der Waals surface area contributed by atoms with Crippen LogP contribution in [0, 0.1) is 0 Å². The summed E-state index contributed by atoms with van der Waals surface area (Å²) in [6, 6.07) is 6.38. The lowest BCUT2D eigenvalue weighted by Gasteiger charge is -2.16. The molecule has 1 aromatic carbocycles. The van der Waals surface area contributed by atoms with Crippen LogP contribution in [0.3, 0.4) is 0 Å². The summed E-state index contributed by atoms with van der Waals surface area (Å²) in [5.41, 5.74) is 0.855. The highest BCUT2D eigenvalue weighted by molar-refractivity contribution is 5.31. The van der Waals surface area contributed by atoms with Crippen LogP contribution >= 0.6 is 0 Å². The van der Waals surface area contributed by atoms with Crippen molar-refractivity contribution >= 4 is 0 Å². The number of methoxy groups -OCH3 is 1. The van der Waals surface area contributed by atoms with Gasteiger partial charge in [0.1, 0.15) is 11.9 Å². The summed E-state index contributed by atoms with van der Waals surface area (Å²) in [6.07, 6.45) is -1.87. The standard InChI is InChI=1S/C12H17NO4/c1-17-8-4-2-7(3-5-8)10-12(16)11(15)9(6-14)13-10/h2-5,9-16H,6H2,1H3/t9-,10-,11+,12+/m1/s1. The summed E-state index contributed by atoms with van der Waals surface area (Å²) in [6.45, 7) is -0.203. The van der Waals surface area contributed by atoms with Crippen LogP contribution in [0.15, 0.2) is 24.3 Å². The van der Waals surface area contributed by atoms with Crippen molar-refractivity contribution in [3.05, 3.63) is 29.8 Å². The van der Waals surface area contributed by atoms with Crippen molar-refractivity contribution in [3.8, 4) is 5.75 Å². The van der Waals surface area contributed by atoms with Gasteiger partial charge in [0.25, 0.3) is 0 Å². The zero-order chi connectivity index (χ0) is 12.4. The summed E-state index contributed by atoms with van der Waals surface area (Å²) in [5, 5.41) is 31.6. The molecule has 0 unspecified atom stereocenters. The molecule has 0 saturated carbocycles. The van der Waals surface area contributed by atoms with E-state index in [2.05, 4.69) is 5.32 Å². The number of nitrogens with one attached hydrogen (secondary N) is 1. The Balaban J connectivity index is 2.16. The molecule has 0 radical (unpaired) electrons. The van der Waals surface area contributed by atoms with E-state index in [0.717, 1.165) is 11.3 Å². The minimum atomic E-state index is -0.952. The van der Waals surface area contributed by atoms with E-state index in [4.69, 9.17) is 9.84 Å². The Hall–Kier alpha value is -1.14. The average Bonchev–Trinajstić information content (AvgIpc) is 2.66. The number of hydrogen-bond donors (Lipinski definition) is 4.